The second-order valence-corrected chi connectivity index (χ2v) is 13.3. The first-order chi connectivity index (χ1) is 10.5. The zero-order valence-corrected chi connectivity index (χ0v) is 15.2. The Bertz CT molecular complexity index is 646. The van der Waals surface area contributed by atoms with Gasteiger partial charge in [0.15, 0.2) is 0 Å². The summed E-state index contributed by atoms with van der Waals surface area (Å²) in [4.78, 5) is 0. The summed E-state index contributed by atoms with van der Waals surface area (Å²) in [7, 11) is -4.14. The highest BCUT2D eigenvalue weighted by Gasteiger charge is 2.25. The third-order valence-electron chi connectivity index (χ3n) is 3.78. The standard InChI is InChI=1S/C19H23OPSi/c1-4-22(2,3)17-11-16-21(20,18-12-7-5-8-13-18)19-14-9-6-10-15-19/h4-15,17H,1,16H2,2-3H3/b17-11+. The summed E-state index contributed by atoms with van der Waals surface area (Å²) in [6, 6.07) is 19.6. The van der Waals surface area contributed by atoms with E-state index < -0.39 is 15.2 Å². The highest BCUT2D eigenvalue weighted by atomic mass is 31.2. The molecule has 2 aromatic rings. The second kappa shape index (κ2) is 7.08. The van der Waals surface area contributed by atoms with Gasteiger partial charge in [0.25, 0.3) is 0 Å². The van der Waals surface area contributed by atoms with Crippen LogP contribution < -0.4 is 10.6 Å². The van der Waals surface area contributed by atoms with Gasteiger partial charge in [-0.2, -0.15) is 0 Å². The molecule has 2 rings (SSSR count). The van der Waals surface area contributed by atoms with Crippen LogP contribution in [0.4, 0.5) is 0 Å². The fourth-order valence-electron chi connectivity index (χ4n) is 2.27. The maximum Gasteiger partial charge on any atom is 0.146 e. The van der Waals surface area contributed by atoms with Crippen LogP contribution in [0, 0.1) is 0 Å². The van der Waals surface area contributed by atoms with Gasteiger partial charge in [0.05, 0.1) is 8.07 Å². The Morgan fingerprint density at radius 1 is 0.955 bits per heavy atom. The summed E-state index contributed by atoms with van der Waals surface area (Å²) in [6.45, 7) is 8.36. The largest absolute Gasteiger partial charge is 0.313 e. The molecule has 0 heterocycles. The summed E-state index contributed by atoms with van der Waals surface area (Å²) >= 11 is 0. The predicted molar refractivity (Wildman–Crippen MR) is 101 cm³/mol. The lowest BCUT2D eigenvalue weighted by atomic mass is 10.4. The molecule has 0 atom stereocenters. The molecule has 0 bridgehead atoms. The Morgan fingerprint density at radius 3 is 1.82 bits per heavy atom. The molecule has 0 aliphatic rings. The Balaban J connectivity index is 2.40. The van der Waals surface area contributed by atoms with E-state index in [-0.39, 0.29) is 0 Å². The predicted octanol–water partition coefficient (Wildman–Crippen LogP) is 4.53. The quantitative estimate of drug-likeness (QED) is 0.563. The van der Waals surface area contributed by atoms with E-state index in [1.54, 1.807) is 0 Å². The van der Waals surface area contributed by atoms with Crippen molar-refractivity contribution in [3.8, 4) is 0 Å². The fourth-order valence-corrected chi connectivity index (χ4v) is 5.76. The normalized spacial score (nSPS) is 12.5. The number of rotatable bonds is 6. The Kier molecular flexibility index (Phi) is 5.39. The average molecular weight is 326 g/mol. The van der Waals surface area contributed by atoms with Crippen LogP contribution in [0.1, 0.15) is 0 Å². The zero-order valence-electron chi connectivity index (χ0n) is 13.3. The highest BCUT2D eigenvalue weighted by molar-refractivity contribution is 7.78. The van der Waals surface area contributed by atoms with Crippen LogP contribution in [0.2, 0.25) is 13.1 Å². The van der Waals surface area contributed by atoms with Crippen molar-refractivity contribution in [1.82, 2.24) is 0 Å². The fraction of sp³-hybridized carbons (Fsp3) is 0.158. The molecule has 114 valence electrons. The van der Waals surface area contributed by atoms with Gasteiger partial charge in [0, 0.05) is 16.8 Å². The van der Waals surface area contributed by atoms with Crippen molar-refractivity contribution in [3.05, 3.63) is 84.7 Å². The molecule has 0 aliphatic heterocycles. The van der Waals surface area contributed by atoms with Crippen LogP contribution in [0.5, 0.6) is 0 Å². The third-order valence-corrected chi connectivity index (χ3v) is 8.92. The topological polar surface area (TPSA) is 17.1 Å². The van der Waals surface area contributed by atoms with Crippen molar-refractivity contribution in [2.45, 2.75) is 13.1 Å². The third kappa shape index (κ3) is 3.97. The van der Waals surface area contributed by atoms with E-state index in [9.17, 15) is 4.57 Å². The van der Waals surface area contributed by atoms with Gasteiger partial charge in [-0.15, -0.1) is 6.58 Å². The van der Waals surface area contributed by atoms with Gasteiger partial charge in [0.1, 0.15) is 7.14 Å². The lowest BCUT2D eigenvalue weighted by Crippen LogP contribution is -2.20. The molecule has 0 N–H and O–H groups in total. The molecule has 22 heavy (non-hydrogen) atoms. The van der Waals surface area contributed by atoms with E-state index in [0.717, 1.165) is 10.6 Å². The van der Waals surface area contributed by atoms with Crippen molar-refractivity contribution < 1.29 is 4.57 Å². The first-order valence-corrected chi connectivity index (χ1v) is 12.5. The van der Waals surface area contributed by atoms with Crippen molar-refractivity contribution >= 4 is 25.8 Å². The molecule has 0 saturated heterocycles. The minimum atomic E-state index is -2.62. The number of hydrogen-bond donors (Lipinski definition) is 0. The molecule has 1 nitrogen and oxygen atoms in total. The smallest absolute Gasteiger partial charge is 0.146 e. The van der Waals surface area contributed by atoms with Gasteiger partial charge in [0.2, 0.25) is 0 Å². The number of benzene rings is 2. The first-order valence-electron chi connectivity index (χ1n) is 7.49. The lowest BCUT2D eigenvalue weighted by molar-refractivity contribution is 0.588. The molecular weight excluding hydrogens is 303 g/mol. The van der Waals surface area contributed by atoms with Crippen LogP contribution in [0.3, 0.4) is 0 Å². The van der Waals surface area contributed by atoms with Crippen molar-refractivity contribution in [3.63, 3.8) is 0 Å². The monoisotopic (exact) mass is 326 g/mol. The van der Waals surface area contributed by atoms with E-state index in [0.29, 0.717) is 6.16 Å². The van der Waals surface area contributed by atoms with Crippen molar-refractivity contribution in [2.24, 2.45) is 0 Å². The van der Waals surface area contributed by atoms with Crippen LogP contribution in [0.25, 0.3) is 0 Å². The summed E-state index contributed by atoms with van der Waals surface area (Å²) in [5.74, 6) is 0. The molecule has 0 radical (unpaired) electrons. The van der Waals surface area contributed by atoms with Crippen molar-refractivity contribution in [1.29, 1.82) is 0 Å². The van der Waals surface area contributed by atoms with Gasteiger partial charge >= 0.3 is 0 Å². The minimum Gasteiger partial charge on any atom is -0.313 e. The molecule has 0 saturated carbocycles. The van der Waals surface area contributed by atoms with Gasteiger partial charge in [-0.05, 0) is 0 Å². The molecule has 0 aliphatic carbocycles. The second-order valence-electron chi connectivity index (χ2n) is 6.02. The van der Waals surface area contributed by atoms with E-state index >= 15 is 0 Å². The van der Waals surface area contributed by atoms with Crippen LogP contribution >= 0.6 is 7.14 Å². The summed E-state index contributed by atoms with van der Waals surface area (Å²) in [6.07, 6.45) is 2.65. The SMILES string of the molecule is C=C[Si](C)(C)/C=C/CP(=O)(c1ccccc1)c1ccccc1. The maximum absolute atomic E-state index is 13.7. The van der Waals surface area contributed by atoms with Gasteiger partial charge < -0.3 is 4.57 Å². The zero-order chi connectivity index (χ0) is 16.1. The first kappa shape index (κ1) is 16.7. The van der Waals surface area contributed by atoms with Crippen molar-refractivity contribution in [2.75, 3.05) is 6.16 Å². The van der Waals surface area contributed by atoms with Gasteiger partial charge in [-0.25, -0.2) is 0 Å². The van der Waals surface area contributed by atoms with Crippen LogP contribution in [0.15, 0.2) is 84.7 Å². The molecule has 3 heteroatoms. The van der Waals surface area contributed by atoms with E-state index in [1.165, 1.54) is 0 Å². The summed E-state index contributed by atoms with van der Waals surface area (Å²) < 4.78 is 13.7. The Hall–Kier alpha value is -1.63. The average Bonchev–Trinajstić information content (AvgIpc) is 2.56. The summed E-state index contributed by atoms with van der Waals surface area (Å²) in [5, 5.41) is 1.84. The maximum atomic E-state index is 13.7. The Morgan fingerprint density at radius 2 is 1.41 bits per heavy atom. The number of allylic oxidation sites excluding steroid dienone is 1. The minimum absolute atomic E-state index is 0.561. The van der Waals surface area contributed by atoms with Gasteiger partial charge in [-0.1, -0.05) is 91.2 Å². The van der Waals surface area contributed by atoms with Crippen LogP contribution in [-0.2, 0) is 4.57 Å². The molecule has 0 aromatic heterocycles. The lowest BCUT2D eigenvalue weighted by Gasteiger charge is -2.18. The van der Waals surface area contributed by atoms with Crippen LogP contribution in [-0.4, -0.2) is 14.2 Å². The molecule has 0 amide bonds. The molecule has 0 fully saturated rings. The summed E-state index contributed by atoms with van der Waals surface area (Å²) in [5.41, 5.74) is 4.26. The Labute approximate surface area is 134 Å². The molecule has 0 spiro atoms. The van der Waals surface area contributed by atoms with E-state index in [4.69, 9.17) is 0 Å². The molecular formula is C19H23OPSi. The molecule has 2 aromatic carbocycles. The van der Waals surface area contributed by atoms with Gasteiger partial charge in [-0.3, -0.25) is 0 Å². The van der Waals surface area contributed by atoms with E-state index in [2.05, 4.69) is 31.4 Å². The highest BCUT2D eigenvalue weighted by Crippen LogP contribution is 2.43. The molecule has 0 unspecified atom stereocenters. The number of hydrogen-bond acceptors (Lipinski definition) is 1. The van der Waals surface area contributed by atoms with E-state index in [1.807, 2.05) is 66.4 Å².